The van der Waals surface area contributed by atoms with E-state index in [9.17, 15) is 9.59 Å². The molecule has 0 aliphatic carbocycles. The molecule has 2 aliphatic rings. The Hall–Kier alpha value is -1.89. The van der Waals surface area contributed by atoms with E-state index in [0.717, 1.165) is 31.7 Å². The van der Waals surface area contributed by atoms with E-state index in [2.05, 4.69) is 10.2 Å². The minimum atomic E-state index is -0.450. The number of esters is 1. The summed E-state index contributed by atoms with van der Waals surface area (Å²) >= 11 is 5.58. The van der Waals surface area contributed by atoms with Crippen molar-refractivity contribution in [1.29, 1.82) is 0 Å². The zero-order valence-electron chi connectivity index (χ0n) is 14.9. The maximum atomic E-state index is 12.1. The molecule has 3 heterocycles. The summed E-state index contributed by atoms with van der Waals surface area (Å²) in [4.78, 5) is 26.2. The van der Waals surface area contributed by atoms with Crippen LogP contribution in [0.1, 0.15) is 31.9 Å². The third kappa shape index (κ3) is 3.56. The van der Waals surface area contributed by atoms with Crippen LogP contribution in [-0.2, 0) is 16.1 Å². The van der Waals surface area contributed by atoms with Gasteiger partial charge in [0.25, 0.3) is 5.56 Å². The van der Waals surface area contributed by atoms with Gasteiger partial charge in [0, 0.05) is 37.3 Å². The molecule has 25 heavy (non-hydrogen) atoms. The summed E-state index contributed by atoms with van der Waals surface area (Å²) in [6.45, 7) is 6.22. The van der Waals surface area contributed by atoms with Gasteiger partial charge in [0.1, 0.15) is 6.04 Å². The number of nitrogens with one attached hydrogen (secondary N) is 1. The van der Waals surface area contributed by atoms with Crippen LogP contribution in [-0.4, -0.2) is 46.8 Å². The van der Waals surface area contributed by atoms with Crippen molar-refractivity contribution >= 4 is 23.3 Å². The van der Waals surface area contributed by atoms with Crippen molar-refractivity contribution in [2.24, 2.45) is 11.8 Å². The van der Waals surface area contributed by atoms with Crippen LogP contribution in [0.3, 0.4) is 0 Å². The van der Waals surface area contributed by atoms with Crippen LogP contribution in [0.25, 0.3) is 0 Å². The number of ether oxygens (including phenoxy) is 1. The summed E-state index contributed by atoms with van der Waals surface area (Å²) in [7, 11) is 1.39. The Morgan fingerprint density at radius 3 is 2.76 bits per heavy atom. The first-order valence-electron chi connectivity index (χ1n) is 8.73. The fourth-order valence-electron chi connectivity index (χ4n) is 3.91. The van der Waals surface area contributed by atoms with E-state index in [1.165, 1.54) is 7.11 Å². The van der Waals surface area contributed by atoms with Gasteiger partial charge in [0.15, 0.2) is 5.11 Å². The van der Waals surface area contributed by atoms with Crippen LogP contribution in [0.15, 0.2) is 23.0 Å². The van der Waals surface area contributed by atoms with E-state index in [4.69, 9.17) is 17.0 Å². The number of thiocarbonyl (C=S) groups is 1. The van der Waals surface area contributed by atoms with Gasteiger partial charge in [-0.2, -0.15) is 0 Å². The van der Waals surface area contributed by atoms with Gasteiger partial charge in [-0.3, -0.25) is 4.79 Å². The largest absolute Gasteiger partial charge is 0.467 e. The molecule has 2 aliphatic heterocycles. The normalized spacial score (nSPS) is 23.0. The van der Waals surface area contributed by atoms with Crippen molar-refractivity contribution in [3.05, 3.63) is 34.2 Å². The Labute approximate surface area is 153 Å². The van der Waals surface area contributed by atoms with E-state index < -0.39 is 6.04 Å². The quantitative estimate of drug-likeness (QED) is 0.646. The second-order valence-electron chi connectivity index (χ2n) is 7.30. The average Bonchev–Trinajstić information content (AvgIpc) is 2.59. The van der Waals surface area contributed by atoms with Crippen LogP contribution < -0.4 is 10.9 Å². The van der Waals surface area contributed by atoms with Crippen LogP contribution >= 0.6 is 12.2 Å². The van der Waals surface area contributed by atoms with E-state index in [-0.39, 0.29) is 23.4 Å². The Kier molecular flexibility index (Phi) is 5.13. The number of aromatic nitrogens is 1. The highest BCUT2D eigenvalue weighted by atomic mass is 32.1. The molecule has 0 radical (unpaired) electrons. The highest BCUT2D eigenvalue weighted by Gasteiger charge is 2.36. The van der Waals surface area contributed by atoms with Gasteiger partial charge < -0.3 is 19.5 Å². The number of hydrogen-bond acceptors (Lipinski definition) is 4. The van der Waals surface area contributed by atoms with Gasteiger partial charge >= 0.3 is 5.97 Å². The van der Waals surface area contributed by atoms with E-state index >= 15 is 0 Å². The average molecular weight is 363 g/mol. The number of rotatable bonds is 3. The Morgan fingerprint density at radius 1 is 1.32 bits per heavy atom. The fraction of sp³-hybridized carbons (Fsp3) is 0.611. The number of piperidine rings is 1. The molecule has 1 saturated heterocycles. The Morgan fingerprint density at radius 2 is 2.08 bits per heavy atom. The molecule has 1 aromatic heterocycles. The van der Waals surface area contributed by atoms with Crippen molar-refractivity contribution in [2.75, 3.05) is 20.2 Å². The molecule has 2 bridgehead atoms. The molecule has 0 amide bonds. The highest BCUT2D eigenvalue weighted by molar-refractivity contribution is 7.80. The number of carbonyl (C=O) groups excluding carboxylic acids is 1. The zero-order chi connectivity index (χ0) is 18.1. The van der Waals surface area contributed by atoms with Gasteiger partial charge in [-0.1, -0.05) is 19.9 Å². The second kappa shape index (κ2) is 7.15. The molecule has 0 aromatic carbocycles. The third-order valence-electron chi connectivity index (χ3n) is 5.17. The number of methoxy groups -OCH3 is 1. The third-order valence-corrected chi connectivity index (χ3v) is 5.54. The first kappa shape index (κ1) is 17.9. The first-order chi connectivity index (χ1) is 11.9. The van der Waals surface area contributed by atoms with E-state index in [1.807, 2.05) is 30.5 Å². The Balaban J connectivity index is 1.75. The fourth-order valence-corrected chi connectivity index (χ4v) is 4.19. The van der Waals surface area contributed by atoms with Gasteiger partial charge in [-0.15, -0.1) is 0 Å². The lowest BCUT2D eigenvalue weighted by Crippen LogP contribution is -2.55. The Bertz CT molecular complexity index is 731. The summed E-state index contributed by atoms with van der Waals surface area (Å²) in [6.07, 6.45) is 1.08. The molecule has 3 rings (SSSR count). The van der Waals surface area contributed by atoms with Crippen LogP contribution in [0, 0.1) is 11.8 Å². The van der Waals surface area contributed by atoms with Gasteiger partial charge in [-0.05, 0) is 36.5 Å². The van der Waals surface area contributed by atoms with Crippen LogP contribution in [0.4, 0.5) is 0 Å². The first-order valence-corrected chi connectivity index (χ1v) is 9.14. The van der Waals surface area contributed by atoms with Gasteiger partial charge in [0.2, 0.25) is 0 Å². The van der Waals surface area contributed by atoms with Crippen LogP contribution in [0.2, 0.25) is 0 Å². The summed E-state index contributed by atoms with van der Waals surface area (Å²) in [5.41, 5.74) is 1.16. The standard InChI is InChI=1S/C18H25N3O3S/c1-11(2)16(17(23)24-3)19-18(25)20-8-12-7-13(10-20)14-5-4-6-15(22)21(14)9-12/h4-6,11-13,16H,7-10H2,1-3H3,(H,19,25)/t12-,13-,16+/m0/s1. The lowest BCUT2D eigenvalue weighted by atomic mass is 9.83. The summed E-state index contributed by atoms with van der Waals surface area (Å²) < 4.78 is 6.78. The minimum absolute atomic E-state index is 0.0758. The van der Waals surface area contributed by atoms with Crippen molar-refractivity contribution in [1.82, 2.24) is 14.8 Å². The predicted octanol–water partition coefficient (Wildman–Crippen LogP) is 1.34. The van der Waals surface area contributed by atoms with E-state index in [1.54, 1.807) is 6.07 Å². The molecule has 1 fully saturated rings. The number of fused-ring (bicyclic) bond motifs is 4. The van der Waals surface area contributed by atoms with Crippen molar-refractivity contribution < 1.29 is 9.53 Å². The van der Waals surface area contributed by atoms with Crippen molar-refractivity contribution in [3.8, 4) is 0 Å². The zero-order valence-corrected chi connectivity index (χ0v) is 15.7. The summed E-state index contributed by atoms with van der Waals surface area (Å²) in [6, 6.07) is 5.04. The lowest BCUT2D eigenvalue weighted by molar-refractivity contribution is -0.143. The number of carbonyl (C=O) groups is 1. The lowest BCUT2D eigenvalue weighted by Gasteiger charge is -2.44. The molecule has 1 N–H and O–H groups in total. The highest BCUT2D eigenvalue weighted by Crippen LogP contribution is 2.34. The number of nitrogens with zero attached hydrogens (tertiary/aromatic N) is 2. The molecule has 0 saturated carbocycles. The summed E-state index contributed by atoms with van der Waals surface area (Å²) in [5, 5.41) is 3.76. The molecule has 6 nitrogen and oxygen atoms in total. The maximum Gasteiger partial charge on any atom is 0.328 e. The second-order valence-corrected chi connectivity index (χ2v) is 7.68. The number of pyridine rings is 1. The number of likely N-dealkylation sites (tertiary alicyclic amines) is 1. The molecular formula is C18H25N3O3S. The van der Waals surface area contributed by atoms with Crippen LogP contribution in [0.5, 0.6) is 0 Å². The molecule has 136 valence electrons. The van der Waals surface area contributed by atoms with Crippen molar-refractivity contribution in [3.63, 3.8) is 0 Å². The summed E-state index contributed by atoms with van der Waals surface area (Å²) in [5.74, 6) is 0.457. The predicted molar refractivity (Wildman–Crippen MR) is 99.5 cm³/mol. The van der Waals surface area contributed by atoms with Gasteiger partial charge in [-0.25, -0.2) is 4.79 Å². The monoisotopic (exact) mass is 363 g/mol. The maximum absolute atomic E-state index is 12.1. The SMILES string of the molecule is COC(=O)[C@H](NC(=S)N1C[C@@H]2C[C@@H](C1)c1cccc(=O)n1C2)C(C)C. The van der Waals surface area contributed by atoms with E-state index in [0.29, 0.717) is 11.0 Å². The topological polar surface area (TPSA) is 63.6 Å². The molecule has 7 heteroatoms. The minimum Gasteiger partial charge on any atom is -0.467 e. The van der Waals surface area contributed by atoms with Crippen molar-refractivity contribution in [2.45, 2.75) is 38.8 Å². The molecule has 3 atom stereocenters. The molecular weight excluding hydrogens is 338 g/mol. The molecule has 0 spiro atoms. The molecule has 1 aromatic rings. The molecule has 0 unspecified atom stereocenters. The van der Waals surface area contributed by atoms with Gasteiger partial charge in [0.05, 0.1) is 7.11 Å². The smallest absolute Gasteiger partial charge is 0.328 e. The number of hydrogen-bond donors (Lipinski definition) is 1.